The normalized spacial score (nSPS) is 10.3. The zero-order valence-electron chi connectivity index (χ0n) is 13.2. The van der Waals surface area contributed by atoms with Crippen LogP contribution in [0.3, 0.4) is 0 Å². The summed E-state index contributed by atoms with van der Waals surface area (Å²) in [5, 5.41) is 3.34. The Morgan fingerprint density at radius 2 is 1.64 bits per heavy atom. The summed E-state index contributed by atoms with van der Waals surface area (Å²) >= 11 is 0. The summed E-state index contributed by atoms with van der Waals surface area (Å²) in [5.41, 5.74) is 19.0. The Hall–Kier alpha value is -1.38. The minimum Gasteiger partial charge on any atom is -0.379 e. The molecule has 4 N–H and O–H groups in total. The highest BCUT2D eigenvalue weighted by atomic mass is 16.5. The second-order valence-corrected chi connectivity index (χ2v) is 4.59. The van der Waals surface area contributed by atoms with Gasteiger partial charge in [0, 0.05) is 24.5 Å². The molecule has 0 atom stereocenters. The monoisotopic (exact) mass is 316 g/mol. The molecule has 0 rings (SSSR count). The summed E-state index contributed by atoms with van der Waals surface area (Å²) in [5.74, 6) is 0.0613. The zero-order valence-corrected chi connectivity index (χ0v) is 13.2. The van der Waals surface area contributed by atoms with Crippen molar-refractivity contribution in [3.05, 3.63) is 10.4 Å². The second kappa shape index (κ2) is 16.0. The van der Waals surface area contributed by atoms with Crippen molar-refractivity contribution in [3.63, 3.8) is 0 Å². The summed E-state index contributed by atoms with van der Waals surface area (Å²) in [6.07, 6.45) is 1.92. The first-order valence-electron chi connectivity index (χ1n) is 7.60. The van der Waals surface area contributed by atoms with Gasteiger partial charge in [0.25, 0.3) is 0 Å². The number of rotatable bonds is 15. The van der Waals surface area contributed by atoms with Crippen LogP contribution in [0, 0.1) is 0 Å². The molecule has 9 heteroatoms. The van der Waals surface area contributed by atoms with Crippen LogP contribution in [0.2, 0.25) is 0 Å². The van der Waals surface area contributed by atoms with Crippen LogP contribution in [-0.4, -0.2) is 70.0 Å². The first-order chi connectivity index (χ1) is 10.8. The number of hydrogen-bond acceptors (Lipinski definition) is 6. The summed E-state index contributed by atoms with van der Waals surface area (Å²) < 4.78 is 10.5. The number of carbonyl (C=O) groups is 1. The third-order valence-electron chi connectivity index (χ3n) is 2.85. The Kier molecular flexibility index (Phi) is 15.0. The average molecular weight is 316 g/mol. The molecule has 0 aromatic heterocycles. The fraction of sp³-hybridized carbons (Fsp3) is 0.923. The maximum Gasteiger partial charge on any atom is 0.224 e. The molecule has 128 valence electrons. The Balaban J connectivity index is 3.67. The lowest BCUT2D eigenvalue weighted by atomic mass is 10.3. The predicted octanol–water partition coefficient (Wildman–Crippen LogP) is 0.246. The first kappa shape index (κ1) is 20.6. The largest absolute Gasteiger partial charge is 0.379 e. The van der Waals surface area contributed by atoms with Gasteiger partial charge < -0.3 is 25.8 Å². The van der Waals surface area contributed by atoms with Gasteiger partial charge in [-0.3, -0.25) is 4.79 Å². The van der Waals surface area contributed by atoms with E-state index in [-0.39, 0.29) is 5.91 Å². The molecule has 0 aliphatic rings. The molecule has 0 aliphatic heterocycles. The lowest BCUT2D eigenvalue weighted by Crippen LogP contribution is -2.35. The second-order valence-electron chi connectivity index (χ2n) is 4.59. The van der Waals surface area contributed by atoms with Crippen LogP contribution in [0.25, 0.3) is 10.4 Å². The third kappa shape index (κ3) is 12.4. The molecule has 0 radical (unpaired) electrons. The highest BCUT2D eigenvalue weighted by Gasteiger charge is 2.12. The van der Waals surface area contributed by atoms with E-state index < -0.39 is 0 Å². The Morgan fingerprint density at radius 3 is 2.18 bits per heavy atom. The molecule has 0 heterocycles. The molecule has 0 aromatic rings. The van der Waals surface area contributed by atoms with Crippen molar-refractivity contribution in [1.29, 1.82) is 0 Å². The van der Waals surface area contributed by atoms with Crippen molar-refractivity contribution in [2.45, 2.75) is 19.3 Å². The first-order valence-corrected chi connectivity index (χ1v) is 7.60. The molecule has 0 saturated heterocycles. The summed E-state index contributed by atoms with van der Waals surface area (Å²) in [6.45, 7) is 4.33. The van der Waals surface area contributed by atoms with E-state index in [2.05, 4.69) is 10.0 Å². The lowest BCUT2D eigenvalue weighted by Gasteiger charge is -2.22. The number of nitrogens with zero attached hydrogens (tertiary/aromatic N) is 4. The molecular weight excluding hydrogens is 288 g/mol. The van der Waals surface area contributed by atoms with E-state index in [1.807, 2.05) is 0 Å². The van der Waals surface area contributed by atoms with E-state index in [4.69, 9.17) is 26.5 Å². The number of carbonyl (C=O) groups excluding carboxylic acids is 1. The number of azide groups is 1. The zero-order chi connectivity index (χ0) is 16.5. The molecule has 9 nitrogen and oxygen atoms in total. The van der Waals surface area contributed by atoms with E-state index in [1.54, 1.807) is 4.90 Å². The van der Waals surface area contributed by atoms with Gasteiger partial charge in [0.15, 0.2) is 0 Å². The maximum atomic E-state index is 12.0. The van der Waals surface area contributed by atoms with Crippen LogP contribution in [0.15, 0.2) is 5.11 Å². The van der Waals surface area contributed by atoms with Crippen molar-refractivity contribution in [2.24, 2.45) is 16.6 Å². The lowest BCUT2D eigenvalue weighted by molar-refractivity contribution is -0.132. The van der Waals surface area contributed by atoms with Crippen LogP contribution in [0.4, 0.5) is 0 Å². The molecular formula is C13H28N6O3. The van der Waals surface area contributed by atoms with Gasteiger partial charge in [-0.05, 0) is 31.5 Å². The predicted molar refractivity (Wildman–Crippen MR) is 84.2 cm³/mol. The van der Waals surface area contributed by atoms with Gasteiger partial charge in [-0.25, -0.2) is 0 Å². The molecule has 0 saturated carbocycles. The molecule has 0 unspecified atom stereocenters. The van der Waals surface area contributed by atoms with Crippen LogP contribution >= 0.6 is 0 Å². The number of ether oxygens (including phenoxy) is 2. The highest BCUT2D eigenvalue weighted by Crippen LogP contribution is 1.99. The molecule has 0 fully saturated rings. The highest BCUT2D eigenvalue weighted by molar-refractivity contribution is 5.76. The van der Waals surface area contributed by atoms with Gasteiger partial charge >= 0.3 is 0 Å². The summed E-state index contributed by atoms with van der Waals surface area (Å²) in [7, 11) is 0. The standard InChI is InChI=1S/C13H28N6O3/c14-4-1-7-19(8-2-5-15)13(20)3-9-21-11-12-22-10-6-17-18-16/h1-12,14-15H2. The van der Waals surface area contributed by atoms with E-state index in [0.717, 1.165) is 12.8 Å². The smallest absolute Gasteiger partial charge is 0.224 e. The fourth-order valence-electron chi connectivity index (χ4n) is 1.72. The van der Waals surface area contributed by atoms with Gasteiger partial charge in [-0.15, -0.1) is 0 Å². The number of amides is 1. The van der Waals surface area contributed by atoms with Crippen molar-refractivity contribution >= 4 is 5.91 Å². The molecule has 0 bridgehead atoms. The van der Waals surface area contributed by atoms with Gasteiger partial charge in [0.05, 0.1) is 32.8 Å². The molecule has 0 spiro atoms. The van der Waals surface area contributed by atoms with Crippen LogP contribution in [0.5, 0.6) is 0 Å². The fourth-order valence-corrected chi connectivity index (χ4v) is 1.72. The van der Waals surface area contributed by atoms with Gasteiger partial charge in [0.1, 0.15) is 0 Å². The van der Waals surface area contributed by atoms with Crippen molar-refractivity contribution in [2.75, 3.05) is 59.2 Å². The molecule has 22 heavy (non-hydrogen) atoms. The molecule has 0 aromatic carbocycles. The molecule has 1 amide bonds. The van der Waals surface area contributed by atoms with Crippen molar-refractivity contribution in [3.8, 4) is 0 Å². The Bertz CT molecular complexity index is 315. The van der Waals surface area contributed by atoms with E-state index >= 15 is 0 Å². The topological polar surface area (TPSA) is 140 Å². The summed E-state index contributed by atoms with van der Waals surface area (Å²) in [6, 6.07) is 0. The minimum absolute atomic E-state index is 0.0613. The Labute approximate surface area is 131 Å². The van der Waals surface area contributed by atoms with Crippen molar-refractivity contribution < 1.29 is 14.3 Å². The van der Waals surface area contributed by atoms with E-state index in [1.165, 1.54) is 0 Å². The van der Waals surface area contributed by atoms with Crippen LogP contribution in [0.1, 0.15) is 19.3 Å². The third-order valence-corrected chi connectivity index (χ3v) is 2.85. The quantitative estimate of drug-likeness (QED) is 0.193. The minimum atomic E-state index is 0.0613. The molecule has 0 aliphatic carbocycles. The summed E-state index contributed by atoms with van der Waals surface area (Å²) in [4.78, 5) is 16.5. The number of hydrogen-bond donors (Lipinski definition) is 2. The van der Waals surface area contributed by atoms with E-state index in [9.17, 15) is 4.79 Å². The van der Waals surface area contributed by atoms with Gasteiger partial charge in [-0.1, -0.05) is 5.11 Å². The average Bonchev–Trinajstić information content (AvgIpc) is 2.53. The van der Waals surface area contributed by atoms with Crippen LogP contribution < -0.4 is 11.5 Å². The maximum absolute atomic E-state index is 12.0. The van der Waals surface area contributed by atoms with Crippen molar-refractivity contribution in [1.82, 2.24) is 4.90 Å². The van der Waals surface area contributed by atoms with Crippen LogP contribution in [-0.2, 0) is 14.3 Å². The van der Waals surface area contributed by atoms with Gasteiger partial charge in [0.2, 0.25) is 5.91 Å². The Morgan fingerprint density at radius 1 is 1.05 bits per heavy atom. The SMILES string of the molecule is [N-]=[N+]=NCCOCCOCCC(=O)N(CCCN)CCCN. The number of nitrogens with two attached hydrogens (primary N) is 2. The van der Waals surface area contributed by atoms with E-state index in [0.29, 0.717) is 65.6 Å². The van der Waals surface area contributed by atoms with Gasteiger partial charge in [-0.2, -0.15) is 0 Å².